The number of rotatable bonds is 3. The Bertz CT molecular complexity index is 501. The Labute approximate surface area is 112 Å². The molecule has 2 rings (SSSR count). The highest BCUT2D eigenvalue weighted by atomic mass is 16.2. The molecule has 0 saturated heterocycles. The summed E-state index contributed by atoms with van der Waals surface area (Å²) in [5, 5.41) is 3.01. The molecule has 1 aromatic heterocycles. The highest BCUT2D eigenvalue weighted by Gasteiger charge is 2.34. The molecule has 5 heteroatoms. The lowest BCUT2D eigenvalue weighted by Gasteiger charge is -2.39. The maximum atomic E-state index is 12.2. The molecule has 104 valence electrons. The van der Waals surface area contributed by atoms with Crippen LogP contribution in [-0.2, 0) is 0 Å². The van der Waals surface area contributed by atoms with Crippen LogP contribution < -0.4 is 16.6 Å². The standard InChI is InChI=1S/C14H21N3O2/c1-10-5-7-14(9-15,8-6-10)17-13(19)11-3-2-4-12(18)16-11/h2-4,10H,5-9,15H2,1H3,(H,16,18)(H,17,19). The van der Waals surface area contributed by atoms with Gasteiger partial charge in [-0.3, -0.25) is 9.59 Å². The van der Waals surface area contributed by atoms with Crippen molar-refractivity contribution in [3.63, 3.8) is 0 Å². The lowest BCUT2D eigenvalue weighted by atomic mass is 9.77. The quantitative estimate of drug-likeness (QED) is 0.760. The molecule has 0 aliphatic heterocycles. The average molecular weight is 263 g/mol. The van der Waals surface area contributed by atoms with Gasteiger partial charge in [0.05, 0.1) is 5.54 Å². The summed E-state index contributed by atoms with van der Waals surface area (Å²) in [6, 6.07) is 4.57. The molecule has 1 aliphatic carbocycles. The largest absolute Gasteiger partial charge is 0.344 e. The maximum absolute atomic E-state index is 12.2. The minimum atomic E-state index is -0.323. The first-order valence-electron chi connectivity index (χ1n) is 6.77. The summed E-state index contributed by atoms with van der Waals surface area (Å²) < 4.78 is 0. The van der Waals surface area contributed by atoms with Gasteiger partial charge >= 0.3 is 0 Å². The maximum Gasteiger partial charge on any atom is 0.268 e. The molecule has 1 amide bonds. The van der Waals surface area contributed by atoms with Gasteiger partial charge < -0.3 is 16.0 Å². The summed E-state index contributed by atoms with van der Waals surface area (Å²) in [5.74, 6) is 0.436. The Morgan fingerprint density at radius 1 is 1.47 bits per heavy atom. The summed E-state index contributed by atoms with van der Waals surface area (Å²) in [7, 11) is 0. The minimum absolute atomic E-state index is 0.252. The average Bonchev–Trinajstić information content (AvgIpc) is 2.42. The molecular formula is C14H21N3O2. The van der Waals surface area contributed by atoms with Crippen LogP contribution in [0.1, 0.15) is 43.1 Å². The molecule has 0 spiro atoms. The lowest BCUT2D eigenvalue weighted by Crippen LogP contribution is -2.55. The van der Waals surface area contributed by atoms with Gasteiger partial charge in [-0.1, -0.05) is 13.0 Å². The zero-order valence-electron chi connectivity index (χ0n) is 11.2. The van der Waals surface area contributed by atoms with E-state index in [9.17, 15) is 9.59 Å². The molecule has 0 bridgehead atoms. The van der Waals surface area contributed by atoms with Crippen molar-refractivity contribution >= 4 is 5.91 Å². The second-order valence-electron chi connectivity index (χ2n) is 5.55. The first-order valence-corrected chi connectivity index (χ1v) is 6.77. The lowest BCUT2D eigenvalue weighted by molar-refractivity contribution is 0.0854. The molecule has 4 N–H and O–H groups in total. The van der Waals surface area contributed by atoms with Crippen LogP contribution >= 0.6 is 0 Å². The predicted octanol–water partition coefficient (Wildman–Crippen LogP) is 1.01. The summed E-state index contributed by atoms with van der Waals surface area (Å²) in [4.78, 5) is 25.9. The van der Waals surface area contributed by atoms with E-state index >= 15 is 0 Å². The molecular weight excluding hydrogens is 242 g/mol. The van der Waals surface area contributed by atoms with Crippen molar-refractivity contribution in [1.29, 1.82) is 0 Å². The number of carbonyl (C=O) groups excluding carboxylic acids is 1. The number of H-pyrrole nitrogens is 1. The van der Waals surface area contributed by atoms with Crippen LogP contribution in [0.3, 0.4) is 0 Å². The third kappa shape index (κ3) is 3.23. The number of hydrogen-bond donors (Lipinski definition) is 3. The SMILES string of the molecule is CC1CCC(CN)(NC(=O)c2cccc(=O)[nH]2)CC1. The van der Waals surface area contributed by atoms with Crippen molar-refractivity contribution in [3.8, 4) is 0 Å². The Hall–Kier alpha value is -1.62. The summed E-state index contributed by atoms with van der Waals surface area (Å²) in [6.45, 7) is 2.65. The molecule has 19 heavy (non-hydrogen) atoms. The molecule has 5 nitrogen and oxygen atoms in total. The van der Waals surface area contributed by atoms with E-state index in [4.69, 9.17) is 5.73 Å². The first-order chi connectivity index (χ1) is 9.04. The summed E-state index contributed by atoms with van der Waals surface area (Å²) >= 11 is 0. The normalized spacial score (nSPS) is 26.9. The van der Waals surface area contributed by atoms with Gasteiger partial charge in [-0.05, 0) is 37.7 Å². The Balaban J connectivity index is 2.10. The molecule has 0 unspecified atom stereocenters. The van der Waals surface area contributed by atoms with E-state index in [1.165, 1.54) is 6.07 Å². The molecule has 0 radical (unpaired) electrons. The van der Waals surface area contributed by atoms with E-state index in [1.54, 1.807) is 12.1 Å². The minimum Gasteiger partial charge on any atom is -0.344 e. The number of nitrogens with two attached hydrogens (primary N) is 1. The van der Waals surface area contributed by atoms with Crippen molar-refractivity contribution in [2.45, 2.75) is 38.1 Å². The van der Waals surface area contributed by atoms with Gasteiger partial charge in [0.2, 0.25) is 5.56 Å². The zero-order chi connectivity index (χ0) is 13.9. The number of nitrogens with one attached hydrogen (secondary N) is 2. The van der Waals surface area contributed by atoms with Crippen LogP contribution in [0.15, 0.2) is 23.0 Å². The highest BCUT2D eigenvalue weighted by Crippen LogP contribution is 2.31. The number of aromatic nitrogens is 1. The van der Waals surface area contributed by atoms with Crippen LogP contribution in [0.25, 0.3) is 0 Å². The number of carbonyl (C=O) groups is 1. The topological polar surface area (TPSA) is 88.0 Å². The fraction of sp³-hybridized carbons (Fsp3) is 0.571. The Morgan fingerprint density at radius 3 is 2.74 bits per heavy atom. The smallest absolute Gasteiger partial charge is 0.268 e. The molecule has 1 heterocycles. The van der Waals surface area contributed by atoms with Gasteiger partial charge in [-0.15, -0.1) is 0 Å². The van der Waals surface area contributed by atoms with Crippen LogP contribution in [0.4, 0.5) is 0 Å². The van der Waals surface area contributed by atoms with E-state index in [1.807, 2.05) is 0 Å². The Kier molecular flexibility index (Phi) is 4.04. The van der Waals surface area contributed by atoms with Crippen LogP contribution in [0, 0.1) is 5.92 Å². The monoisotopic (exact) mass is 263 g/mol. The fourth-order valence-electron chi connectivity index (χ4n) is 2.58. The molecule has 1 aliphatic rings. The molecule has 0 aromatic carbocycles. The van der Waals surface area contributed by atoms with Crippen LogP contribution in [0.2, 0.25) is 0 Å². The van der Waals surface area contributed by atoms with Crippen molar-refractivity contribution in [3.05, 3.63) is 34.2 Å². The van der Waals surface area contributed by atoms with Crippen LogP contribution in [-0.4, -0.2) is 23.0 Å². The van der Waals surface area contributed by atoms with Gasteiger partial charge in [0, 0.05) is 12.6 Å². The number of amides is 1. The Morgan fingerprint density at radius 2 is 2.16 bits per heavy atom. The molecule has 1 saturated carbocycles. The fourth-order valence-corrected chi connectivity index (χ4v) is 2.58. The second-order valence-corrected chi connectivity index (χ2v) is 5.55. The van der Waals surface area contributed by atoms with E-state index in [2.05, 4.69) is 17.2 Å². The number of aromatic amines is 1. The molecule has 0 atom stereocenters. The third-order valence-corrected chi connectivity index (χ3v) is 4.01. The molecule has 1 fully saturated rings. The van der Waals surface area contributed by atoms with Crippen molar-refractivity contribution in [2.75, 3.05) is 6.54 Å². The highest BCUT2D eigenvalue weighted by molar-refractivity contribution is 5.92. The van der Waals surface area contributed by atoms with Gasteiger partial charge in [-0.2, -0.15) is 0 Å². The second kappa shape index (κ2) is 5.57. The van der Waals surface area contributed by atoms with Gasteiger partial charge in [0.15, 0.2) is 0 Å². The number of hydrogen-bond acceptors (Lipinski definition) is 3. The van der Waals surface area contributed by atoms with Crippen LogP contribution in [0.5, 0.6) is 0 Å². The van der Waals surface area contributed by atoms with Crippen molar-refractivity contribution in [1.82, 2.24) is 10.3 Å². The predicted molar refractivity (Wildman–Crippen MR) is 73.9 cm³/mol. The zero-order valence-corrected chi connectivity index (χ0v) is 11.2. The van der Waals surface area contributed by atoms with E-state index in [0.717, 1.165) is 25.7 Å². The van der Waals surface area contributed by atoms with E-state index in [0.29, 0.717) is 18.2 Å². The van der Waals surface area contributed by atoms with Gasteiger partial charge in [-0.25, -0.2) is 0 Å². The van der Waals surface area contributed by atoms with E-state index in [-0.39, 0.29) is 17.0 Å². The number of pyridine rings is 1. The molecule has 1 aromatic rings. The van der Waals surface area contributed by atoms with Gasteiger partial charge in [0.25, 0.3) is 5.91 Å². The summed E-state index contributed by atoms with van der Waals surface area (Å²) in [5.41, 5.74) is 5.55. The summed E-state index contributed by atoms with van der Waals surface area (Å²) in [6.07, 6.45) is 3.94. The third-order valence-electron chi connectivity index (χ3n) is 4.01. The first kappa shape index (κ1) is 13.8. The van der Waals surface area contributed by atoms with Crippen molar-refractivity contribution in [2.24, 2.45) is 11.7 Å². The van der Waals surface area contributed by atoms with Gasteiger partial charge in [0.1, 0.15) is 5.69 Å². The van der Waals surface area contributed by atoms with E-state index < -0.39 is 0 Å². The van der Waals surface area contributed by atoms with Crippen molar-refractivity contribution < 1.29 is 4.79 Å².